The van der Waals surface area contributed by atoms with Crippen LogP contribution in [-0.2, 0) is 9.53 Å². The molecule has 1 rings (SSSR count). The monoisotopic (exact) mass is 246 g/mol. The smallest absolute Gasteiger partial charge is 0.235 e. The highest BCUT2D eigenvalue weighted by atomic mass is 32.1. The molecule has 16 heavy (non-hydrogen) atoms. The normalized spacial score (nSPS) is 19.1. The highest BCUT2D eigenvalue weighted by molar-refractivity contribution is 7.80. The standard InChI is InChI=1S/C10H18N2O3S/c1-12(4-5-13)9(14)10(8(11)16)2-6-15-7-3-10/h13H,2-7H2,1H3,(H2,11,16). The third-order valence-electron chi connectivity index (χ3n) is 3.01. The van der Waals surface area contributed by atoms with Crippen LogP contribution >= 0.6 is 12.2 Å². The van der Waals surface area contributed by atoms with E-state index in [-0.39, 0.29) is 17.5 Å². The zero-order valence-corrected chi connectivity index (χ0v) is 10.3. The average molecular weight is 246 g/mol. The molecule has 1 fully saturated rings. The van der Waals surface area contributed by atoms with E-state index in [0.717, 1.165) is 0 Å². The topological polar surface area (TPSA) is 75.8 Å². The van der Waals surface area contributed by atoms with Crippen molar-refractivity contribution in [2.24, 2.45) is 11.1 Å². The molecule has 3 N–H and O–H groups in total. The maximum atomic E-state index is 12.2. The molecule has 0 spiro atoms. The molecule has 0 unspecified atom stereocenters. The molecule has 1 aliphatic rings. The fraction of sp³-hybridized carbons (Fsp3) is 0.800. The van der Waals surface area contributed by atoms with E-state index < -0.39 is 5.41 Å². The lowest BCUT2D eigenvalue weighted by Crippen LogP contribution is -2.52. The molecular formula is C10H18N2O3S. The molecule has 0 radical (unpaired) electrons. The largest absolute Gasteiger partial charge is 0.395 e. The molecule has 0 saturated carbocycles. The van der Waals surface area contributed by atoms with Gasteiger partial charge in [-0.05, 0) is 12.8 Å². The summed E-state index contributed by atoms with van der Waals surface area (Å²) in [5, 5.41) is 8.82. The van der Waals surface area contributed by atoms with Crippen LogP contribution in [0.3, 0.4) is 0 Å². The van der Waals surface area contributed by atoms with E-state index in [1.165, 1.54) is 4.90 Å². The highest BCUT2D eigenvalue weighted by Crippen LogP contribution is 2.32. The Bertz CT molecular complexity index is 277. The zero-order chi connectivity index (χ0) is 12.2. The minimum absolute atomic E-state index is 0.0633. The number of thiocarbonyl (C=S) groups is 1. The van der Waals surface area contributed by atoms with Crippen molar-refractivity contribution >= 4 is 23.1 Å². The van der Waals surface area contributed by atoms with Gasteiger partial charge in [-0.2, -0.15) is 0 Å². The fourth-order valence-electron chi connectivity index (χ4n) is 1.90. The number of carbonyl (C=O) groups excluding carboxylic acids is 1. The molecule has 0 aromatic heterocycles. The number of hydrogen-bond acceptors (Lipinski definition) is 4. The lowest BCUT2D eigenvalue weighted by Gasteiger charge is -2.37. The summed E-state index contributed by atoms with van der Waals surface area (Å²) in [6.07, 6.45) is 1.05. The average Bonchev–Trinajstić information content (AvgIpc) is 2.29. The van der Waals surface area contributed by atoms with E-state index in [4.69, 9.17) is 27.8 Å². The Hall–Kier alpha value is -0.720. The van der Waals surface area contributed by atoms with Gasteiger partial charge in [-0.1, -0.05) is 12.2 Å². The Balaban J connectivity index is 2.84. The lowest BCUT2D eigenvalue weighted by atomic mass is 9.78. The Labute approximate surface area is 101 Å². The molecule has 6 heteroatoms. The number of aliphatic hydroxyl groups is 1. The van der Waals surface area contributed by atoms with Gasteiger partial charge in [0.25, 0.3) is 0 Å². The van der Waals surface area contributed by atoms with Crippen molar-refractivity contribution in [3.05, 3.63) is 0 Å². The van der Waals surface area contributed by atoms with E-state index in [0.29, 0.717) is 32.6 Å². The van der Waals surface area contributed by atoms with Gasteiger partial charge in [-0.25, -0.2) is 0 Å². The van der Waals surface area contributed by atoms with Gasteiger partial charge in [0.15, 0.2) is 0 Å². The van der Waals surface area contributed by atoms with Crippen molar-refractivity contribution in [3.63, 3.8) is 0 Å². The molecule has 1 aliphatic heterocycles. The SMILES string of the molecule is CN(CCO)C(=O)C1(C(N)=S)CCOCC1. The number of likely N-dealkylation sites (N-methyl/N-ethyl adjacent to an activating group) is 1. The molecule has 5 nitrogen and oxygen atoms in total. The molecule has 92 valence electrons. The molecule has 0 aliphatic carbocycles. The molecule has 0 aromatic carbocycles. The molecule has 0 aromatic rings. The van der Waals surface area contributed by atoms with Gasteiger partial charge in [-0.3, -0.25) is 4.79 Å². The van der Waals surface area contributed by atoms with Gasteiger partial charge >= 0.3 is 0 Å². The number of nitrogens with zero attached hydrogens (tertiary/aromatic N) is 1. The van der Waals surface area contributed by atoms with Crippen LogP contribution in [0.25, 0.3) is 0 Å². The maximum absolute atomic E-state index is 12.2. The van der Waals surface area contributed by atoms with Gasteiger partial charge in [-0.15, -0.1) is 0 Å². The van der Waals surface area contributed by atoms with E-state index in [1.807, 2.05) is 0 Å². The third-order valence-corrected chi connectivity index (χ3v) is 3.40. The number of nitrogens with two attached hydrogens (primary N) is 1. The van der Waals surface area contributed by atoms with Crippen LogP contribution in [0.15, 0.2) is 0 Å². The number of amides is 1. The van der Waals surface area contributed by atoms with Crippen LogP contribution in [0, 0.1) is 5.41 Å². The minimum atomic E-state index is -0.780. The van der Waals surface area contributed by atoms with Crippen LogP contribution < -0.4 is 5.73 Å². The highest BCUT2D eigenvalue weighted by Gasteiger charge is 2.44. The predicted octanol–water partition coefficient (Wildman–Crippen LogP) is -0.480. The summed E-state index contributed by atoms with van der Waals surface area (Å²) >= 11 is 5.02. The second-order valence-electron chi connectivity index (χ2n) is 4.01. The van der Waals surface area contributed by atoms with E-state index in [9.17, 15) is 4.79 Å². The summed E-state index contributed by atoms with van der Waals surface area (Å²) in [4.78, 5) is 13.9. The Morgan fingerprint density at radius 2 is 2.12 bits per heavy atom. The Morgan fingerprint density at radius 1 is 1.56 bits per heavy atom. The van der Waals surface area contributed by atoms with Gasteiger partial charge in [0.05, 0.1) is 11.6 Å². The molecule has 1 amide bonds. The predicted molar refractivity (Wildman–Crippen MR) is 64.0 cm³/mol. The summed E-state index contributed by atoms with van der Waals surface area (Å²) in [6.45, 7) is 1.22. The quantitative estimate of drug-likeness (QED) is 0.655. The summed E-state index contributed by atoms with van der Waals surface area (Å²) in [5.74, 6) is -0.114. The summed E-state index contributed by atoms with van der Waals surface area (Å²) in [6, 6.07) is 0. The Kier molecular flexibility index (Phi) is 4.64. The van der Waals surface area contributed by atoms with Crippen molar-refractivity contribution in [1.29, 1.82) is 0 Å². The van der Waals surface area contributed by atoms with Crippen LogP contribution in [0.5, 0.6) is 0 Å². The first-order chi connectivity index (χ1) is 7.54. The van der Waals surface area contributed by atoms with Gasteiger partial charge in [0.2, 0.25) is 5.91 Å². The second kappa shape index (κ2) is 5.56. The second-order valence-corrected chi connectivity index (χ2v) is 4.45. The van der Waals surface area contributed by atoms with Crippen molar-refractivity contribution < 1.29 is 14.6 Å². The van der Waals surface area contributed by atoms with Crippen molar-refractivity contribution in [1.82, 2.24) is 4.90 Å². The summed E-state index contributed by atoms with van der Waals surface area (Å²) in [5.41, 5.74) is 4.92. The minimum Gasteiger partial charge on any atom is -0.395 e. The number of ether oxygens (including phenoxy) is 1. The Morgan fingerprint density at radius 3 is 2.56 bits per heavy atom. The van der Waals surface area contributed by atoms with Gasteiger partial charge in [0, 0.05) is 26.8 Å². The van der Waals surface area contributed by atoms with Crippen LogP contribution in [-0.4, -0.2) is 54.3 Å². The third kappa shape index (κ3) is 2.50. The zero-order valence-electron chi connectivity index (χ0n) is 9.44. The molecule has 1 saturated heterocycles. The molecule has 0 bridgehead atoms. The van der Waals surface area contributed by atoms with E-state index in [2.05, 4.69) is 0 Å². The maximum Gasteiger partial charge on any atom is 0.235 e. The van der Waals surface area contributed by atoms with E-state index >= 15 is 0 Å². The molecule has 1 heterocycles. The van der Waals surface area contributed by atoms with Gasteiger partial charge in [0.1, 0.15) is 5.41 Å². The van der Waals surface area contributed by atoms with Crippen molar-refractivity contribution in [2.45, 2.75) is 12.8 Å². The first-order valence-electron chi connectivity index (χ1n) is 5.28. The molecular weight excluding hydrogens is 228 g/mol. The number of carbonyl (C=O) groups is 1. The van der Waals surface area contributed by atoms with Crippen molar-refractivity contribution in [2.75, 3.05) is 33.4 Å². The lowest BCUT2D eigenvalue weighted by molar-refractivity contribution is -0.141. The van der Waals surface area contributed by atoms with E-state index in [1.54, 1.807) is 7.05 Å². The van der Waals surface area contributed by atoms with Crippen LogP contribution in [0.4, 0.5) is 0 Å². The number of rotatable bonds is 4. The first-order valence-corrected chi connectivity index (χ1v) is 5.69. The fourth-order valence-corrected chi connectivity index (χ4v) is 2.19. The number of hydrogen-bond donors (Lipinski definition) is 2. The van der Waals surface area contributed by atoms with Crippen molar-refractivity contribution in [3.8, 4) is 0 Å². The van der Waals surface area contributed by atoms with Crippen LogP contribution in [0.2, 0.25) is 0 Å². The van der Waals surface area contributed by atoms with Crippen LogP contribution in [0.1, 0.15) is 12.8 Å². The van der Waals surface area contributed by atoms with Gasteiger partial charge < -0.3 is 20.5 Å². The summed E-state index contributed by atoms with van der Waals surface area (Å²) < 4.78 is 5.23. The first kappa shape index (κ1) is 13.3. The summed E-state index contributed by atoms with van der Waals surface area (Å²) in [7, 11) is 1.65. The number of aliphatic hydroxyl groups excluding tert-OH is 1. The molecule has 0 atom stereocenters.